The van der Waals surface area contributed by atoms with Crippen molar-refractivity contribution in [3.05, 3.63) is 70.5 Å². The van der Waals surface area contributed by atoms with Crippen LogP contribution in [0, 0.1) is 5.82 Å². The van der Waals surface area contributed by atoms with E-state index in [1.807, 2.05) is 24.3 Å². The molecule has 0 aliphatic heterocycles. The summed E-state index contributed by atoms with van der Waals surface area (Å²) in [7, 11) is -3.40. The van der Waals surface area contributed by atoms with Crippen LogP contribution in [0.5, 0.6) is 0 Å². The van der Waals surface area contributed by atoms with Gasteiger partial charge in [-0.2, -0.15) is 0 Å². The molecule has 0 aliphatic rings. The van der Waals surface area contributed by atoms with Crippen molar-refractivity contribution in [2.24, 2.45) is 0 Å². The van der Waals surface area contributed by atoms with E-state index < -0.39 is 10.0 Å². The van der Waals surface area contributed by atoms with E-state index in [0.29, 0.717) is 23.6 Å². The zero-order chi connectivity index (χ0) is 16.0. The lowest BCUT2D eigenvalue weighted by molar-refractivity contribution is 0.578. The minimum absolute atomic E-state index is 0.145. The minimum atomic E-state index is -3.40. The highest BCUT2D eigenvalue weighted by molar-refractivity contribution is 7.88. The Hall–Kier alpha value is -1.43. The predicted molar refractivity (Wildman–Crippen MR) is 86.8 cm³/mol. The molecule has 0 bridgehead atoms. The number of rotatable bonds is 7. The van der Waals surface area contributed by atoms with Gasteiger partial charge in [-0.3, -0.25) is 0 Å². The van der Waals surface area contributed by atoms with Gasteiger partial charge in [-0.25, -0.2) is 17.5 Å². The van der Waals surface area contributed by atoms with Crippen molar-refractivity contribution in [1.82, 2.24) is 4.72 Å². The number of benzene rings is 2. The Morgan fingerprint density at radius 2 is 1.55 bits per heavy atom. The summed E-state index contributed by atoms with van der Waals surface area (Å²) in [5.74, 6) is -0.522. The minimum Gasteiger partial charge on any atom is -0.215 e. The molecule has 2 rings (SSSR count). The Balaban J connectivity index is 1.77. The van der Waals surface area contributed by atoms with Crippen LogP contribution < -0.4 is 4.72 Å². The summed E-state index contributed by atoms with van der Waals surface area (Å²) in [6, 6.07) is 12.9. The first-order valence-corrected chi connectivity index (χ1v) is 8.94. The van der Waals surface area contributed by atoms with Gasteiger partial charge in [0.05, 0.1) is 5.75 Å². The molecule has 2 aromatic rings. The van der Waals surface area contributed by atoms with Crippen LogP contribution in [0.15, 0.2) is 48.5 Å². The molecule has 1 N–H and O–H groups in total. The maximum Gasteiger partial charge on any atom is 0.215 e. The van der Waals surface area contributed by atoms with Gasteiger partial charge < -0.3 is 0 Å². The van der Waals surface area contributed by atoms with Crippen LogP contribution >= 0.6 is 11.6 Å². The Morgan fingerprint density at radius 3 is 2.18 bits per heavy atom. The van der Waals surface area contributed by atoms with Crippen molar-refractivity contribution < 1.29 is 12.8 Å². The highest BCUT2D eigenvalue weighted by Gasteiger charge is 2.10. The van der Waals surface area contributed by atoms with Crippen molar-refractivity contribution in [3.63, 3.8) is 0 Å². The number of hydrogen-bond acceptors (Lipinski definition) is 2. The highest BCUT2D eigenvalue weighted by atomic mass is 35.5. The maximum absolute atomic E-state index is 12.8. The second-order valence-corrected chi connectivity index (χ2v) is 7.25. The van der Waals surface area contributed by atoms with Gasteiger partial charge in [-0.05, 0) is 48.2 Å². The molecule has 6 heteroatoms. The highest BCUT2D eigenvalue weighted by Crippen LogP contribution is 2.11. The number of hydrogen-bond donors (Lipinski definition) is 1. The lowest BCUT2D eigenvalue weighted by Crippen LogP contribution is -2.26. The molecule has 0 unspecified atom stereocenters. The van der Waals surface area contributed by atoms with E-state index in [9.17, 15) is 12.8 Å². The lowest BCUT2D eigenvalue weighted by Gasteiger charge is -2.07. The Labute approximate surface area is 135 Å². The number of nitrogens with one attached hydrogen (secondary N) is 1. The van der Waals surface area contributed by atoms with Crippen LogP contribution in [0.1, 0.15) is 17.5 Å². The van der Waals surface area contributed by atoms with Crippen molar-refractivity contribution in [3.8, 4) is 0 Å². The van der Waals surface area contributed by atoms with Crippen LogP contribution in [0.3, 0.4) is 0 Å². The first kappa shape index (κ1) is 16.9. The van der Waals surface area contributed by atoms with Gasteiger partial charge in [0.25, 0.3) is 0 Å². The van der Waals surface area contributed by atoms with E-state index in [4.69, 9.17) is 11.6 Å². The summed E-state index contributed by atoms with van der Waals surface area (Å²) in [5.41, 5.74) is 1.67. The molecule has 3 nitrogen and oxygen atoms in total. The molecule has 0 aromatic heterocycles. The van der Waals surface area contributed by atoms with E-state index in [1.165, 1.54) is 24.3 Å². The third-order valence-corrected chi connectivity index (χ3v) is 4.76. The molecule has 0 saturated heterocycles. The summed E-state index contributed by atoms with van der Waals surface area (Å²) in [6.07, 6.45) is 1.47. The summed E-state index contributed by atoms with van der Waals surface area (Å²) < 4.78 is 39.2. The van der Waals surface area contributed by atoms with Crippen molar-refractivity contribution in [2.75, 3.05) is 6.54 Å². The quantitative estimate of drug-likeness (QED) is 0.783. The van der Waals surface area contributed by atoms with E-state index >= 15 is 0 Å². The molecule has 0 spiro atoms. The monoisotopic (exact) mass is 341 g/mol. The molecule has 22 heavy (non-hydrogen) atoms. The number of sulfonamides is 1. The second kappa shape index (κ2) is 7.72. The average Bonchev–Trinajstić information content (AvgIpc) is 2.48. The molecule has 0 saturated carbocycles. The number of aryl methyl sites for hydroxylation is 1. The Kier molecular flexibility index (Phi) is 5.94. The molecule has 2 aromatic carbocycles. The van der Waals surface area contributed by atoms with E-state index in [0.717, 1.165) is 12.0 Å². The zero-order valence-electron chi connectivity index (χ0n) is 11.9. The fraction of sp³-hybridized carbons (Fsp3) is 0.250. The topological polar surface area (TPSA) is 46.2 Å². The normalized spacial score (nSPS) is 11.5. The van der Waals surface area contributed by atoms with Crippen LogP contribution in [0.4, 0.5) is 4.39 Å². The Bertz CT molecular complexity index is 700. The molecule has 0 heterocycles. The first-order valence-electron chi connectivity index (χ1n) is 6.91. The smallest absolute Gasteiger partial charge is 0.215 e. The van der Waals surface area contributed by atoms with Gasteiger partial charge in [0.2, 0.25) is 10.0 Å². The predicted octanol–water partition coefficient (Wildman–Crippen LogP) is 3.53. The van der Waals surface area contributed by atoms with Crippen LogP contribution in [-0.2, 0) is 22.2 Å². The number of halogens is 2. The van der Waals surface area contributed by atoms with Crippen molar-refractivity contribution in [1.29, 1.82) is 0 Å². The van der Waals surface area contributed by atoms with Gasteiger partial charge in [-0.1, -0.05) is 35.9 Å². The average molecular weight is 342 g/mol. The van der Waals surface area contributed by atoms with E-state index in [1.54, 1.807) is 0 Å². The third kappa shape index (κ3) is 5.75. The van der Waals surface area contributed by atoms with Crippen LogP contribution in [0.2, 0.25) is 5.02 Å². The largest absolute Gasteiger partial charge is 0.215 e. The van der Waals surface area contributed by atoms with E-state index in [-0.39, 0.29) is 11.6 Å². The fourth-order valence-electron chi connectivity index (χ4n) is 2.02. The van der Waals surface area contributed by atoms with E-state index in [2.05, 4.69) is 4.72 Å². The molecule has 118 valence electrons. The van der Waals surface area contributed by atoms with Crippen LogP contribution in [0.25, 0.3) is 0 Å². The van der Waals surface area contributed by atoms with Gasteiger partial charge in [-0.15, -0.1) is 0 Å². The SMILES string of the molecule is O=S(=O)(Cc1ccc(F)cc1)NCCCc1ccc(Cl)cc1. The first-order chi connectivity index (χ1) is 10.4. The third-order valence-electron chi connectivity index (χ3n) is 3.15. The summed E-state index contributed by atoms with van der Waals surface area (Å²) in [4.78, 5) is 0. The van der Waals surface area contributed by atoms with Crippen molar-refractivity contribution >= 4 is 21.6 Å². The Morgan fingerprint density at radius 1 is 0.955 bits per heavy atom. The van der Waals surface area contributed by atoms with Gasteiger partial charge in [0.1, 0.15) is 5.82 Å². The summed E-state index contributed by atoms with van der Waals surface area (Å²) in [5, 5.41) is 0.684. The maximum atomic E-state index is 12.8. The van der Waals surface area contributed by atoms with Gasteiger partial charge in [0.15, 0.2) is 0 Å². The molecule has 0 radical (unpaired) electrons. The second-order valence-electron chi connectivity index (χ2n) is 5.01. The molecule has 0 fully saturated rings. The zero-order valence-corrected chi connectivity index (χ0v) is 13.5. The fourth-order valence-corrected chi connectivity index (χ4v) is 3.34. The summed E-state index contributed by atoms with van der Waals surface area (Å²) in [6.45, 7) is 0.367. The molecule has 0 atom stereocenters. The van der Waals surface area contributed by atoms with Crippen LogP contribution in [-0.4, -0.2) is 15.0 Å². The van der Waals surface area contributed by atoms with Crippen molar-refractivity contribution in [2.45, 2.75) is 18.6 Å². The summed E-state index contributed by atoms with van der Waals surface area (Å²) >= 11 is 5.80. The molecular formula is C16H17ClFNO2S. The molecular weight excluding hydrogens is 325 g/mol. The van der Waals surface area contributed by atoms with Gasteiger partial charge in [0, 0.05) is 11.6 Å². The van der Waals surface area contributed by atoms with Gasteiger partial charge >= 0.3 is 0 Å². The molecule has 0 amide bonds. The molecule has 0 aliphatic carbocycles. The standard InChI is InChI=1S/C16H17ClFNO2S/c17-15-7-3-13(4-8-15)2-1-11-19-22(20,21)12-14-5-9-16(18)10-6-14/h3-10,19H,1-2,11-12H2. The lowest BCUT2D eigenvalue weighted by atomic mass is 10.1.